The van der Waals surface area contributed by atoms with Gasteiger partial charge in [-0.3, -0.25) is 4.79 Å². The highest BCUT2D eigenvalue weighted by molar-refractivity contribution is 6.30. The molecule has 0 saturated carbocycles. The number of hydrogen-bond acceptors (Lipinski definition) is 2. The van der Waals surface area contributed by atoms with E-state index in [0.717, 1.165) is 5.01 Å². The van der Waals surface area contributed by atoms with Gasteiger partial charge in [-0.2, -0.15) is 23.3 Å². The Hall–Kier alpha value is -1.56. The topological polar surface area (TPSA) is 32.7 Å². The van der Waals surface area contributed by atoms with Crippen LogP contribution in [0.4, 0.5) is 18.9 Å². The van der Waals surface area contributed by atoms with Crippen LogP contribution in [0.1, 0.15) is 6.92 Å². The van der Waals surface area contributed by atoms with Gasteiger partial charge in [-0.15, -0.1) is 0 Å². The van der Waals surface area contributed by atoms with E-state index in [1.165, 1.54) is 31.2 Å². The van der Waals surface area contributed by atoms with Gasteiger partial charge in [0, 0.05) is 5.02 Å². The van der Waals surface area contributed by atoms with Crippen molar-refractivity contribution in [3.8, 4) is 0 Å². The predicted molar refractivity (Wildman–Crippen MR) is 61.6 cm³/mol. The van der Waals surface area contributed by atoms with Crippen LogP contribution in [0, 0.1) is 5.92 Å². The molecule has 0 radical (unpaired) electrons. The SMILES string of the molecule is CC1C(=O)N(c2ccc(Cl)cc2)N=C1C(F)(F)F. The lowest BCUT2D eigenvalue weighted by atomic mass is 10.1. The summed E-state index contributed by atoms with van der Waals surface area (Å²) in [5.74, 6) is -2.00. The Bertz CT molecular complexity index is 510. The zero-order chi connectivity index (χ0) is 13.5. The molecule has 0 aliphatic carbocycles. The third kappa shape index (κ3) is 2.20. The minimum atomic E-state index is -4.60. The maximum atomic E-state index is 12.6. The average Bonchev–Trinajstić information content (AvgIpc) is 2.57. The van der Waals surface area contributed by atoms with Gasteiger partial charge in [-0.25, -0.2) is 0 Å². The molecule has 0 N–H and O–H groups in total. The van der Waals surface area contributed by atoms with E-state index in [4.69, 9.17) is 11.6 Å². The molecule has 18 heavy (non-hydrogen) atoms. The van der Waals surface area contributed by atoms with Gasteiger partial charge in [0.25, 0.3) is 5.91 Å². The molecule has 1 aromatic carbocycles. The lowest BCUT2D eigenvalue weighted by molar-refractivity contribution is -0.120. The zero-order valence-corrected chi connectivity index (χ0v) is 9.96. The number of carbonyl (C=O) groups excluding carboxylic acids is 1. The molecule has 0 spiro atoms. The molecule has 1 aromatic rings. The van der Waals surface area contributed by atoms with Gasteiger partial charge in [0.2, 0.25) is 0 Å². The highest BCUT2D eigenvalue weighted by Crippen LogP contribution is 2.31. The van der Waals surface area contributed by atoms with Crippen LogP contribution in [0.3, 0.4) is 0 Å². The van der Waals surface area contributed by atoms with Crippen LogP contribution < -0.4 is 5.01 Å². The first-order valence-electron chi connectivity index (χ1n) is 5.06. The normalized spacial score (nSPS) is 20.3. The van der Waals surface area contributed by atoms with E-state index in [9.17, 15) is 18.0 Å². The van der Waals surface area contributed by atoms with E-state index in [1.807, 2.05) is 0 Å². The van der Waals surface area contributed by atoms with Crippen molar-refractivity contribution in [3.63, 3.8) is 0 Å². The number of benzene rings is 1. The third-order valence-corrected chi connectivity index (χ3v) is 2.81. The van der Waals surface area contributed by atoms with Crippen LogP contribution in [0.2, 0.25) is 5.02 Å². The first-order chi connectivity index (χ1) is 8.30. The van der Waals surface area contributed by atoms with Gasteiger partial charge in [-0.1, -0.05) is 11.6 Å². The fourth-order valence-electron chi connectivity index (χ4n) is 1.61. The maximum absolute atomic E-state index is 12.6. The second-order valence-corrected chi connectivity index (χ2v) is 4.27. The number of carbonyl (C=O) groups is 1. The van der Waals surface area contributed by atoms with Gasteiger partial charge >= 0.3 is 6.18 Å². The molecule has 7 heteroatoms. The maximum Gasteiger partial charge on any atom is 0.432 e. The molecular weight excluding hydrogens is 269 g/mol. The second-order valence-electron chi connectivity index (χ2n) is 3.83. The van der Waals surface area contributed by atoms with E-state index in [0.29, 0.717) is 5.02 Å². The van der Waals surface area contributed by atoms with E-state index >= 15 is 0 Å². The van der Waals surface area contributed by atoms with Crippen LogP contribution >= 0.6 is 11.6 Å². The molecule has 3 nitrogen and oxygen atoms in total. The molecule has 96 valence electrons. The van der Waals surface area contributed by atoms with Crippen molar-refractivity contribution in [2.75, 3.05) is 5.01 Å². The number of amides is 1. The first-order valence-corrected chi connectivity index (χ1v) is 5.43. The van der Waals surface area contributed by atoms with E-state index in [1.54, 1.807) is 0 Å². The molecule has 2 rings (SSSR count). The largest absolute Gasteiger partial charge is 0.432 e. The standard InChI is InChI=1S/C11H8ClF3N2O/c1-6-9(11(13,14)15)16-17(10(6)18)8-4-2-7(12)3-5-8/h2-6H,1H3. The van der Waals surface area contributed by atoms with Crippen LogP contribution in [0.5, 0.6) is 0 Å². The quantitative estimate of drug-likeness (QED) is 0.775. The molecule has 1 amide bonds. The summed E-state index contributed by atoms with van der Waals surface area (Å²) < 4.78 is 37.8. The van der Waals surface area contributed by atoms with Crippen molar-refractivity contribution in [2.45, 2.75) is 13.1 Å². The summed E-state index contributed by atoms with van der Waals surface area (Å²) in [4.78, 5) is 11.7. The van der Waals surface area contributed by atoms with E-state index < -0.39 is 23.7 Å². The summed E-state index contributed by atoms with van der Waals surface area (Å²) in [6.07, 6.45) is -4.60. The van der Waals surface area contributed by atoms with Gasteiger partial charge in [0.05, 0.1) is 11.6 Å². The van der Waals surface area contributed by atoms with Crippen molar-refractivity contribution < 1.29 is 18.0 Å². The van der Waals surface area contributed by atoms with Gasteiger partial charge in [0.1, 0.15) is 0 Å². The van der Waals surface area contributed by atoms with Gasteiger partial charge < -0.3 is 0 Å². The Morgan fingerprint density at radius 1 is 1.28 bits per heavy atom. The summed E-state index contributed by atoms with van der Waals surface area (Å²) in [5, 5.41) is 4.54. The molecule has 1 aliphatic heterocycles. The Balaban J connectivity index is 2.38. The fraction of sp³-hybridized carbons (Fsp3) is 0.273. The number of alkyl halides is 3. The van der Waals surface area contributed by atoms with Crippen LogP contribution in [-0.2, 0) is 4.79 Å². The lowest BCUT2D eigenvalue weighted by Gasteiger charge is -2.12. The molecule has 1 unspecified atom stereocenters. The first kappa shape index (κ1) is 12.9. The monoisotopic (exact) mass is 276 g/mol. The molecule has 1 heterocycles. The smallest absolute Gasteiger partial charge is 0.272 e. The summed E-state index contributed by atoms with van der Waals surface area (Å²) in [5.41, 5.74) is -0.821. The van der Waals surface area contributed by atoms with Crippen LogP contribution in [-0.4, -0.2) is 17.8 Å². The summed E-state index contributed by atoms with van der Waals surface area (Å²) in [7, 11) is 0. The minimum absolute atomic E-state index is 0.260. The van der Waals surface area contributed by atoms with Crippen LogP contribution in [0.25, 0.3) is 0 Å². The number of rotatable bonds is 1. The average molecular weight is 277 g/mol. The lowest BCUT2D eigenvalue weighted by Crippen LogP contribution is -2.31. The second kappa shape index (κ2) is 4.28. The van der Waals surface area contributed by atoms with E-state index in [-0.39, 0.29) is 5.69 Å². The van der Waals surface area contributed by atoms with Crippen molar-refractivity contribution in [1.29, 1.82) is 0 Å². The number of halogens is 4. The third-order valence-electron chi connectivity index (χ3n) is 2.56. The van der Waals surface area contributed by atoms with Crippen molar-refractivity contribution in [1.82, 2.24) is 0 Å². The Kier molecular flexibility index (Phi) is 3.06. The highest BCUT2D eigenvalue weighted by Gasteiger charge is 2.47. The molecule has 0 fully saturated rings. The minimum Gasteiger partial charge on any atom is -0.272 e. The van der Waals surface area contributed by atoms with Gasteiger partial charge in [0.15, 0.2) is 5.71 Å². The molecule has 0 aromatic heterocycles. The Labute approximate surface area is 106 Å². The van der Waals surface area contributed by atoms with Crippen molar-refractivity contribution in [2.24, 2.45) is 11.0 Å². The Morgan fingerprint density at radius 3 is 2.28 bits per heavy atom. The summed E-state index contributed by atoms with van der Waals surface area (Å²) in [6, 6.07) is 5.84. The summed E-state index contributed by atoms with van der Waals surface area (Å²) >= 11 is 5.67. The molecule has 1 atom stereocenters. The number of hydrogen-bond donors (Lipinski definition) is 0. The number of hydrazone groups is 1. The fourth-order valence-corrected chi connectivity index (χ4v) is 1.74. The van der Waals surface area contributed by atoms with E-state index in [2.05, 4.69) is 5.10 Å². The van der Waals surface area contributed by atoms with Crippen LogP contribution in [0.15, 0.2) is 29.4 Å². The van der Waals surface area contributed by atoms with Crippen molar-refractivity contribution >= 4 is 28.9 Å². The molecule has 1 aliphatic rings. The zero-order valence-electron chi connectivity index (χ0n) is 9.20. The molecular formula is C11H8ClF3N2O. The van der Waals surface area contributed by atoms with Crippen molar-refractivity contribution in [3.05, 3.63) is 29.3 Å². The Morgan fingerprint density at radius 2 is 1.83 bits per heavy atom. The number of nitrogens with zero attached hydrogens (tertiary/aromatic N) is 2. The molecule has 0 saturated heterocycles. The number of anilines is 1. The van der Waals surface area contributed by atoms with Gasteiger partial charge in [-0.05, 0) is 31.2 Å². The summed E-state index contributed by atoms with van der Waals surface area (Å²) in [6.45, 7) is 1.19. The predicted octanol–water partition coefficient (Wildman–Crippen LogP) is 3.24. The molecule has 0 bridgehead atoms. The highest BCUT2D eigenvalue weighted by atomic mass is 35.5.